The second-order valence-electron chi connectivity index (χ2n) is 3.42. The first kappa shape index (κ1) is 10.7. The molecule has 0 amide bonds. The third-order valence-corrected chi connectivity index (χ3v) is 3.18. The van der Waals surface area contributed by atoms with E-state index in [0.717, 1.165) is 0 Å². The summed E-state index contributed by atoms with van der Waals surface area (Å²) in [6, 6.07) is 4.77. The van der Waals surface area contributed by atoms with Crippen molar-refractivity contribution in [3.05, 3.63) is 21.9 Å². The second-order valence-corrected chi connectivity index (χ2v) is 4.74. The van der Waals surface area contributed by atoms with E-state index in [1.807, 2.05) is 6.92 Å². The maximum absolute atomic E-state index is 8.88. The molecule has 2 atom stereocenters. The zero-order valence-corrected chi connectivity index (χ0v) is 9.19. The highest BCUT2D eigenvalue weighted by molar-refractivity contribution is 7.12. The molecule has 1 aromatic rings. The van der Waals surface area contributed by atoms with Crippen LogP contribution in [0.2, 0.25) is 0 Å². The Kier molecular flexibility index (Phi) is 3.90. The highest BCUT2D eigenvalue weighted by Gasteiger charge is 2.09. The molecule has 13 heavy (non-hydrogen) atoms. The molecule has 2 N–H and O–H groups in total. The Labute approximate surface area is 83.6 Å². The van der Waals surface area contributed by atoms with Crippen LogP contribution < -0.4 is 5.32 Å². The van der Waals surface area contributed by atoms with E-state index in [2.05, 4.69) is 31.3 Å². The summed E-state index contributed by atoms with van der Waals surface area (Å²) >= 11 is 1.80. The molecule has 1 unspecified atom stereocenters. The molecule has 1 rings (SSSR count). The molecule has 0 radical (unpaired) electrons. The number of aliphatic hydroxyl groups is 1. The van der Waals surface area contributed by atoms with Crippen LogP contribution in [-0.2, 0) is 0 Å². The first-order valence-corrected chi connectivity index (χ1v) is 5.38. The van der Waals surface area contributed by atoms with Crippen LogP contribution in [0.1, 0.15) is 29.6 Å². The van der Waals surface area contributed by atoms with Crippen LogP contribution in [-0.4, -0.2) is 17.8 Å². The van der Waals surface area contributed by atoms with Gasteiger partial charge in [0.25, 0.3) is 0 Å². The van der Waals surface area contributed by atoms with Crippen LogP contribution in [0.25, 0.3) is 0 Å². The van der Waals surface area contributed by atoms with E-state index in [-0.39, 0.29) is 12.6 Å². The summed E-state index contributed by atoms with van der Waals surface area (Å²) in [7, 11) is 0. The maximum atomic E-state index is 8.88. The van der Waals surface area contributed by atoms with Gasteiger partial charge < -0.3 is 10.4 Å². The van der Waals surface area contributed by atoms with Crippen molar-refractivity contribution in [3.8, 4) is 0 Å². The van der Waals surface area contributed by atoms with Crippen LogP contribution in [0.3, 0.4) is 0 Å². The summed E-state index contributed by atoms with van der Waals surface area (Å²) in [4.78, 5) is 2.66. The largest absolute Gasteiger partial charge is 0.395 e. The van der Waals surface area contributed by atoms with Crippen molar-refractivity contribution in [2.75, 3.05) is 6.61 Å². The topological polar surface area (TPSA) is 32.3 Å². The summed E-state index contributed by atoms with van der Waals surface area (Å²) in [6.07, 6.45) is 0. The van der Waals surface area contributed by atoms with Crippen molar-refractivity contribution in [3.63, 3.8) is 0 Å². The smallest absolute Gasteiger partial charge is 0.0582 e. The van der Waals surface area contributed by atoms with Gasteiger partial charge in [0.1, 0.15) is 0 Å². The Bertz CT molecular complexity index is 259. The van der Waals surface area contributed by atoms with Gasteiger partial charge in [0, 0.05) is 21.8 Å². The summed E-state index contributed by atoms with van der Waals surface area (Å²) in [5, 5.41) is 12.2. The van der Waals surface area contributed by atoms with Crippen molar-refractivity contribution in [1.82, 2.24) is 5.32 Å². The summed E-state index contributed by atoms with van der Waals surface area (Å²) in [6.45, 7) is 6.40. The summed E-state index contributed by atoms with van der Waals surface area (Å²) in [5.41, 5.74) is 0. The molecular formula is C10H17NOS. The molecule has 3 heteroatoms. The average molecular weight is 199 g/mol. The van der Waals surface area contributed by atoms with Gasteiger partial charge in [-0.1, -0.05) is 0 Å². The fraction of sp³-hybridized carbons (Fsp3) is 0.600. The van der Waals surface area contributed by atoms with E-state index in [0.29, 0.717) is 6.04 Å². The van der Waals surface area contributed by atoms with Crippen LogP contribution >= 0.6 is 11.3 Å². The van der Waals surface area contributed by atoms with Gasteiger partial charge >= 0.3 is 0 Å². The number of nitrogens with one attached hydrogen (secondary N) is 1. The van der Waals surface area contributed by atoms with E-state index in [1.54, 1.807) is 11.3 Å². The molecular weight excluding hydrogens is 182 g/mol. The quantitative estimate of drug-likeness (QED) is 0.778. The third kappa shape index (κ3) is 3.10. The fourth-order valence-corrected chi connectivity index (χ4v) is 2.14. The van der Waals surface area contributed by atoms with E-state index < -0.39 is 0 Å². The second kappa shape index (κ2) is 4.74. The predicted octanol–water partition coefficient (Wildman–Crippen LogP) is 2.09. The SMILES string of the molecule is Cc1ccc(C(C)N[C@H](C)CO)s1. The molecule has 2 nitrogen and oxygen atoms in total. The fourth-order valence-electron chi connectivity index (χ4n) is 1.25. The average Bonchev–Trinajstić information content (AvgIpc) is 2.51. The van der Waals surface area contributed by atoms with Gasteiger partial charge in [-0.25, -0.2) is 0 Å². The molecule has 0 aliphatic rings. The minimum absolute atomic E-state index is 0.164. The Morgan fingerprint density at radius 3 is 2.62 bits per heavy atom. The number of aryl methyl sites for hydroxylation is 1. The molecule has 0 saturated heterocycles. The maximum Gasteiger partial charge on any atom is 0.0582 e. The molecule has 0 spiro atoms. The molecule has 0 bridgehead atoms. The van der Waals surface area contributed by atoms with Crippen LogP contribution in [0.4, 0.5) is 0 Å². The van der Waals surface area contributed by atoms with E-state index >= 15 is 0 Å². The number of aliphatic hydroxyl groups excluding tert-OH is 1. The number of thiophene rings is 1. The summed E-state index contributed by atoms with van der Waals surface area (Å²) < 4.78 is 0. The van der Waals surface area contributed by atoms with Gasteiger partial charge in [-0.3, -0.25) is 0 Å². The van der Waals surface area contributed by atoms with Crippen molar-refractivity contribution in [1.29, 1.82) is 0 Å². The minimum atomic E-state index is 0.164. The van der Waals surface area contributed by atoms with Crippen molar-refractivity contribution in [2.45, 2.75) is 32.9 Å². The van der Waals surface area contributed by atoms with Crippen molar-refractivity contribution < 1.29 is 5.11 Å². The van der Waals surface area contributed by atoms with Crippen LogP contribution in [0, 0.1) is 6.92 Å². The molecule has 0 aliphatic carbocycles. The molecule has 0 aromatic carbocycles. The Morgan fingerprint density at radius 2 is 2.15 bits per heavy atom. The van der Waals surface area contributed by atoms with Gasteiger partial charge in [-0.15, -0.1) is 11.3 Å². The molecule has 0 saturated carbocycles. The molecule has 74 valence electrons. The van der Waals surface area contributed by atoms with E-state index in [9.17, 15) is 0 Å². The molecule has 0 fully saturated rings. The van der Waals surface area contributed by atoms with Gasteiger partial charge in [0.15, 0.2) is 0 Å². The highest BCUT2D eigenvalue weighted by atomic mass is 32.1. The van der Waals surface area contributed by atoms with Crippen molar-refractivity contribution in [2.24, 2.45) is 0 Å². The molecule has 1 heterocycles. The number of hydrogen-bond donors (Lipinski definition) is 2. The van der Waals surface area contributed by atoms with Gasteiger partial charge in [0.05, 0.1) is 6.61 Å². The Balaban J connectivity index is 2.53. The van der Waals surface area contributed by atoms with Crippen LogP contribution in [0.5, 0.6) is 0 Å². The summed E-state index contributed by atoms with van der Waals surface area (Å²) in [5.74, 6) is 0. The Morgan fingerprint density at radius 1 is 1.46 bits per heavy atom. The Hall–Kier alpha value is -0.380. The normalized spacial score (nSPS) is 15.7. The van der Waals surface area contributed by atoms with Gasteiger partial charge in [0.2, 0.25) is 0 Å². The molecule has 1 aromatic heterocycles. The van der Waals surface area contributed by atoms with Crippen molar-refractivity contribution >= 4 is 11.3 Å². The lowest BCUT2D eigenvalue weighted by molar-refractivity contribution is 0.243. The zero-order chi connectivity index (χ0) is 9.84. The predicted molar refractivity (Wildman–Crippen MR) is 57.2 cm³/mol. The molecule has 0 aliphatic heterocycles. The first-order valence-electron chi connectivity index (χ1n) is 4.56. The first-order chi connectivity index (χ1) is 6.13. The highest BCUT2D eigenvalue weighted by Crippen LogP contribution is 2.22. The zero-order valence-electron chi connectivity index (χ0n) is 8.37. The van der Waals surface area contributed by atoms with E-state index in [4.69, 9.17) is 5.11 Å². The van der Waals surface area contributed by atoms with Gasteiger partial charge in [-0.2, -0.15) is 0 Å². The minimum Gasteiger partial charge on any atom is -0.395 e. The number of hydrogen-bond acceptors (Lipinski definition) is 3. The lowest BCUT2D eigenvalue weighted by Gasteiger charge is -2.16. The lowest BCUT2D eigenvalue weighted by Crippen LogP contribution is -2.31. The van der Waals surface area contributed by atoms with E-state index in [1.165, 1.54) is 9.75 Å². The third-order valence-electron chi connectivity index (χ3n) is 2.00. The number of rotatable bonds is 4. The monoisotopic (exact) mass is 199 g/mol. The standard InChI is InChI=1S/C10H17NOS/c1-7(6-12)11-9(3)10-5-4-8(2)13-10/h4-5,7,9,11-12H,6H2,1-3H3/t7-,9?/m1/s1. The van der Waals surface area contributed by atoms with Gasteiger partial charge in [-0.05, 0) is 32.9 Å². The van der Waals surface area contributed by atoms with Crippen LogP contribution in [0.15, 0.2) is 12.1 Å². The lowest BCUT2D eigenvalue weighted by atomic mass is 10.2.